The lowest BCUT2D eigenvalue weighted by atomic mass is 10.0. The number of hydrogen-bond acceptors (Lipinski definition) is 4. The topological polar surface area (TPSA) is 59.6 Å². The maximum absolute atomic E-state index is 11.9. The number of aryl methyl sites for hydroxylation is 1. The molecule has 0 saturated carbocycles. The van der Waals surface area contributed by atoms with E-state index < -0.39 is 0 Å². The Bertz CT molecular complexity index is 463. The van der Waals surface area contributed by atoms with Crippen molar-refractivity contribution in [3.63, 3.8) is 0 Å². The second kappa shape index (κ2) is 8.64. The summed E-state index contributed by atoms with van der Waals surface area (Å²) in [5.74, 6) is 0.790. The van der Waals surface area contributed by atoms with E-state index in [2.05, 4.69) is 16.7 Å². The van der Waals surface area contributed by atoms with Crippen molar-refractivity contribution in [2.24, 2.45) is 0 Å². The Kier molecular flexibility index (Phi) is 7.19. The van der Waals surface area contributed by atoms with E-state index in [0.29, 0.717) is 13.2 Å². The Balaban J connectivity index is 2.65. The minimum atomic E-state index is -0.290. The lowest BCUT2D eigenvalue weighted by Crippen LogP contribution is -2.44. The fourth-order valence-electron chi connectivity index (χ4n) is 2.16. The lowest BCUT2D eigenvalue weighted by molar-refractivity contribution is -0.123. The second-order valence-electron chi connectivity index (χ2n) is 5.14. The van der Waals surface area contributed by atoms with Gasteiger partial charge in [0.2, 0.25) is 5.91 Å². The van der Waals surface area contributed by atoms with Crippen molar-refractivity contribution in [1.29, 1.82) is 0 Å². The van der Waals surface area contributed by atoms with Crippen molar-refractivity contribution in [3.05, 3.63) is 29.3 Å². The largest absolute Gasteiger partial charge is 0.496 e. The molecule has 0 aliphatic rings. The minimum Gasteiger partial charge on any atom is -0.496 e. The molecule has 2 N–H and O–H groups in total. The van der Waals surface area contributed by atoms with Crippen LogP contribution in [0.25, 0.3) is 0 Å². The highest BCUT2D eigenvalue weighted by Crippen LogP contribution is 2.26. The third-order valence-corrected chi connectivity index (χ3v) is 3.35. The van der Waals surface area contributed by atoms with Crippen LogP contribution in [0.4, 0.5) is 0 Å². The molecule has 1 amide bonds. The molecule has 21 heavy (non-hydrogen) atoms. The summed E-state index contributed by atoms with van der Waals surface area (Å²) in [6.07, 6.45) is 0. The van der Waals surface area contributed by atoms with Crippen LogP contribution in [0.15, 0.2) is 18.2 Å². The third kappa shape index (κ3) is 5.36. The van der Waals surface area contributed by atoms with Gasteiger partial charge < -0.3 is 14.8 Å². The number of benzene rings is 1. The standard InChI is InChI=1S/C16H26N2O3/c1-11-6-7-15(21-5)14(10-11)12(2)18-13(3)16(19)17-8-9-20-4/h6-7,10,12-13,18H,8-9H2,1-5H3,(H,17,19). The molecule has 0 bridgehead atoms. The van der Waals surface area contributed by atoms with Gasteiger partial charge in [0.05, 0.1) is 19.8 Å². The van der Waals surface area contributed by atoms with Crippen molar-refractivity contribution in [2.75, 3.05) is 27.4 Å². The monoisotopic (exact) mass is 294 g/mol. The van der Waals surface area contributed by atoms with Gasteiger partial charge in [0, 0.05) is 25.3 Å². The number of nitrogens with one attached hydrogen (secondary N) is 2. The van der Waals surface area contributed by atoms with E-state index in [1.54, 1.807) is 14.2 Å². The minimum absolute atomic E-state index is 0.0167. The molecule has 0 radical (unpaired) electrons. The highest BCUT2D eigenvalue weighted by atomic mass is 16.5. The molecule has 1 aromatic rings. The molecule has 2 unspecified atom stereocenters. The molecule has 0 fully saturated rings. The van der Waals surface area contributed by atoms with Gasteiger partial charge in [-0.2, -0.15) is 0 Å². The predicted molar refractivity (Wildman–Crippen MR) is 83.6 cm³/mol. The Hall–Kier alpha value is -1.59. The van der Waals surface area contributed by atoms with Crippen LogP contribution in [0.1, 0.15) is 31.0 Å². The van der Waals surface area contributed by atoms with Crippen molar-refractivity contribution in [2.45, 2.75) is 32.9 Å². The molecule has 5 heteroatoms. The third-order valence-electron chi connectivity index (χ3n) is 3.35. The first-order chi connectivity index (χ1) is 9.99. The number of rotatable bonds is 8. The van der Waals surface area contributed by atoms with Crippen molar-refractivity contribution in [3.8, 4) is 5.75 Å². The summed E-state index contributed by atoms with van der Waals surface area (Å²) >= 11 is 0. The Morgan fingerprint density at radius 2 is 2.00 bits per heavy atom. The zero-order chi connectivity index (χ0) is 15.8. The van der Waals surface area contributed by atoms with Crippen LogP contribution in [0.2, 0.25) is 0 Å². The van der Waals surface area contributed by atoms with Gasteiger partial charge in [0.25, 0.3) is 0 Å². The van der Waals surface area contributed by atoms with E-state index in [-0.39, 0.29) is 18.0 Å². The molecular weight excluding hydrogens is 268 g/mol. The van der Waals surface area contributed by atoms with Crippen LogP contribution in [0.3, 0.4) is 0 Å². The molecule has 0 spiro atoms. The quantitative estimate of drug-likeness (QED) is 0.718. The van der Waals surface area contributed by atoms with Gasteiger partial charge in [-0.25, -0.2) is 0 Å². The first-order valence-corrected chi connectivity index (χ1v) is 7.16. The second-order valence-corrected chi connectivity index (χ2v) is 5.14. The zero-order valence-electron chi connectivity index (χ0n) is 13.5. The van der Waals surface area contributed by atoms with Gasteiger partial charge in [-0.05, 0) is 26.8 Å². The number of hydrogen-bond donors (Lipinski definition) is 2. The Morgan fingerprint density at radius 3 is 2.62 bits per heavy atom. The van der Waals surface area contributed by atoms with Crippen LogP contribution < -0.4 is 15.4 Å². The number of amides is 1. The van der Waals surface area contributed by atoms with Crippen LogP contribution >= 0.6 is 0 Å². The molecule has 1 rings (SSSR count). The summed E-state index contributed by atoms with van der Waals surface area (Å²) in [6, 6.07) is 5.76. The van der Waals surface area contributed by atoms with E-state index >= 15 is 0 Å². The van der Waals surface area contributed by atoms with Crippen LogP contribution in [0.5, 0.6) is 5.75 Å². The molecule has 0 aliphatic carbocycles. The molecule has 2 atom stereocenters. The van der Waals surface area contributed by atoms with Gasteiger partial charge in [-0.1, -0.05) is 17.7 Å². The molecule has 0 heterocycles. The van der Waals surface area contributed by atoms with Crippen LogP contribution in [-0.4, -0.2) is 39.3 Å². The summed E-state index contributed by atoms with van der Waals surface area (Å²) in [7, 11) is 3.27. The number of ether oxygens (including phenoxy) is 2. The van der Waals surface area contributed by atoms with E-state index in [0.717, 1.165) is 16.9 Å². The SMILES string of the molecule is COCCNC(=O)C(C)NC(C)c1cc(C)ccc1OC. The smallest absolute Gasteiger partial charge is 0.236 e. The van der Waals surface area contributed by atoms with E-state index in [1.165, 1.54) is 0 Å². The van der Waals surface area contributed by atoms with E-state index in [4.69, 9.17) is 9.47 Å². The molecule has 0 aromatic heterocycles. The summed E-state index contributed by atoms with van der Waals surface area (Å²) in [4.78, 5) is 11.9. The fraction of sp³-hybridized carbons (Fsp3) is 0.562. The lowest BCUT2D eigenvalue weighted by Gasteiger charge is -2.22. The van der Waals surface area contributed by atoms with Gasteiger partial charge in [-0.15, -0.1) is 0 Å². The predicted octanol–water partition coefficient (Wildman–Crippen LogP) is 1.81. The average Bonchev–Trinajstić information content (AvgIpc) is 2.47. The van der Waals surface area contributed by atoms with Crippen LogP contribution in [0, 0.1) is 6.92 Å². The fourth-order valence-corrected chi connectivity index (χ4v) is 2.16. The maximum atomic E-state index is 11.9. The van der Waals surface area contributed by atoms with Gasteiger partial charge in [-0.3, -0.25) is 10.1 Å². The van der Waals surface area contributed by atoms with Crippen LogP contribution in [-0.2, 0) is 9.53 Å². The molecule has 118 valence electrons. The zero-order valence-corrected chi connectivity index (χ0v) is 13.5. The van der Waals surface area contributed by atoms with Crippen molar-refractivity contribution in [1.82, 2.24) is 10.6 Å². The molecule has 5 nitrogen and oxygen atoms in total. The summed E-state index contributed by atoms with van der Waals surface area (Å²) in [5.41, 5.74) is 2.21. The first kappa shape index (κ1) is 17.5. The van der Waals surface area contributed by atoms with Gasteiger partial charge in [0.1, 0.15) is 5.75 Å². The number of methoxy groups -OCH3 is 2. The van der Waals surface area contributed by atoms with Gasteiger partial charge in [0.15, 0.2) is 0 Å². The van der Waals surface area contributed by atoms with E-state index in [1.807, 2.05) is 32.9 Å². The molecule has 0 saturated heterocycles. The van der Waals surface area contributed by atoms with Crippen molar-refractivity contribution >= 4 is 5.91 Å². The average molecular weight is 294 g/mol. The number of carbonyl (C=O) groups excluding carboxylic acids is 1. The molecule has 0 aliphatic heterocycles. The first-order valence-electron chi connectivity index (χ1n) is 7.16. The highest BCUT2D eigenvalue weighted by molar-refractivity contribution is 5.81. The normalized spacial score (nSPS) is 13.6. The number of carbonyl (C=O) groups is 1. The molecular formula is C16H26N2O3. The van der Waals surface area contributed by atoms with E-state index in [9.17, 15) is 4.79 Å². The highest BCUT2D eigenvalue weighted by Gasteiger charge is 2.18. The summed E-state index contributed by atoms with van der Waals surface area (Å²) in [6.45, 7) is 6.94. The molecule has 1 aromatic carbocycles. The van der Waals surface area contributed by atoms with Gasteiger partial charge >= 0.3 is 0 Å². The summed E-state index contributed by atoms with van der Waals surface area (Å²) < 4.78 is 10.3. The Morgan fingerprint density at radius 1 is 1.29 bits per heavy atom. The Labute approximate surface area is 127 Å². The maximum Gasteiger partial charge on any atom is 0.236 e. The van der Waals surface area contributed by atoms with Crippen molar-refractivity contribution < 1.29 is 14.3 Å². The summed E-state index contributed by atoms with van der Waals surface area (Å²) in [5, 5.41) is 6.11.